The smallest absolute Gasteiger partial charge is 0.123 e. The minimum Gasteiger partial charge on any atom is -0.235 e. The number of aromatic nitrogens is 2. The van der Waals surface area contributed by atoms with Gasteiger partial charge in [-0.2, -0.15) is 5.26 Å². The molecule has 104 valence electrons. The second-order valence-corrected chi connectivity index (χ2v) is 6.78. The van der Waals surface area contributed by atoms with Crippen LogP contribution in [0.1, 0.15) is 6.92 Å². The number of halogens is 1. The summed E-state index contributed by atoms with van der Waals surface area (Å²) in [7, 11) is 0. The van der Waals surface area contributed by atoms with E-state index in [9.17, 15) is 4.39 Å². The van der Waals surface area contributed by atoms with E-state index in [1.165, 1.54) is 30.2 Å². The number of rotatable bonds is 3. The molecule has 1 atom stereocenters. The van der Waals surface area contributed by atoms with E-state index in [2.05, 4.69) is 16.0 Å². The van der Waals surface area contributed by atoms with E-state index in [0.29, 0.717) is 0 Å². The molecule has 3 rings (SSSR count). The van der Waals surface area contributed by atoms with Gasteiger partial charge in [-0.05, 0) is 30.7 Å². The first kappa shape index (κ1) is 14.0. The fraction of sp³-hybridized carbons (Fsp3) is 0.133. The molecular formula is C15H10FN3S2. The van der Waals surface area contributed by atoms with Gasteiger partial charge >= 0.3 is 0 Å². The molecule has 0 aliphatic rings. The van der Waals surface area contributed by atoms with Crippen LogP contribution >= 0.6 is 23.1 Å². The fourth-order valence-corrected chi connectivity index (χ4v) is 3.84. The molecule has 3 aromatic rings. The Balaban J connectivity index is 2.06. The number of hydrogen-bond donors (Lipinski definition) is 0. The number of fused-ring (bicyclic) bond motifs is 1. The molecule has 21 heavy (non-hydrogen) atoms. The Labute approximate surface area is 129 Å². The van der Waals surface area contributed by atoms with Crippen molar-refractivity contribution in [1.82, 2.24) is 9.97 Å². The van der Waals surface area contributed by atoms with Gasteiger partial charge in [0.25, 0.3) is 0 Å². The van der Waals surface area contributed by atoms with Gasteiger partial charge in [-0.1, -0.05) is 23.9 Å². The van der Waals surface area contributed by atoms with Crippen molar-refractivity contribution in [2.45, 2.75) is 17.2 Å². The molecule has 0 amide bonds. The summed E-state index contributed by atoms with van der Waals surface area (Å²) in [6.07, 6.45) is 1.51. The van der Waals surface area contributed by atoms with Crippen LogP contribution in [0.25, 0.3) is 20.7 Å². The Hall–Kier alpha value is -1.97. The van der Waals surface area contributed by atoms with Crippen molar-refractivity contribution in [3.8, 4) is 16.5 Å². The number of thiophene rings is 1. The first-order valence-corrected chi connectivity index (χ1v) is 7.94. The quantitative estimate of drug-likeness (QED) is 0.527. The standard InChI is InChI=1S/C15H10FN3S2/c1-9(7-17)20-15-14-12(18-8-19-15)6-13(21-14)10-2-4-11(16)5-3-10/h2-6,8-9H,1H3. The lowest BCUT2D eigenvalue weighted by Gasteiger charge is -2.01. The maximum absolute atomic E-state index is 13.0. The third kappa shape index (κ3) is 2.89. The molecular weight excluding hydrogens is 305 g/mol. The van der Waals surface area contributed by atoms with Gasteiger partial charge in [0.05, 0.1) is 21.5 Å². The van der Waals surface area contributed by atoms with Crippen molar-refractivity contribution in [1.29, 1.82) is 5.26 Å². The predicted molar refractivity (Wildman–Crippen MR) is 83.7 cm³/mol. The zero-order valence-electron chi connectivity index (χ0n) is 11.1. The molecule has 2 aromatic heterocycles. The molecule has 0 aliphatic carbocycles. The third-order valence-corrected chi connectivity index (χ3v) is 5.18. The van der Waals surface area contributed by atoms with E-state index in [-0.39, 0.29) is 11.1 Å². The van der Waals surface area contributed by atoms with Crippen LogP contribution in [0.3, 0.4) is 0 Å². The van der Waals surface area contributed by atoms with Crippen molar-refractivity contribution in [3.63, 3.8) is 0 Å². The summed E-state index contributed by atoms with van der Waals surface area (Å²) < 4.78 is 14.0. The molecule has 0 bridgehead atoms. The summed E-state index contributed by atoms with van der Waals surface area (Å²) in [5.74, 6) is -0.251. The summed E-state index contributed by atoms with van der Waals surface area (Å²) in [4.78, 5) is 9.55. The summed E-state index contributed by atoms with van der Waals surface area (Å²) in [6.45, 7) is 1.84. The molecule has 0 N–H and O–H groups in total. The van der Waals surface area contributed by atoms with Crippen molar-refractivity contribution >= 4 is 33.3 Å². The number of nitriles is 1. The molecule has 1 unspecified atom stereocenters. The van der Waals surface area contributed by atoms with Gasteiger partial charge in [0.2, 0.25) is 0 Å². The van der Waals surface area contributed by atoms with Gasteiger partial charge in [-0.15, -0.1) is 11.3 Å². The molecule has 0 saturated heterocycles. The molecule has 1 aromatic carbocycles. The molecule has 0 aliphatic heterocycles. The Morgan fingerprint density at radius 2 is 2.05 bits per heavy atom. The van der Waals surface area contributed by atoms with Gasteiger partial charge in [0.15, 0.2) is 0 Å². The summed E-state index contributed by atoms with van der Waals surface area (Å²) in [6, 6.07) is 10.5. The van der Waals surface area contributed by atoms with Crippen LogP contribution in [-0.4, -0.2) is 15.2 Å². The van der Waals surface area contributed by atoms with Crippen LogP contribution < -0.4 is 0 Å². The number of benzene rings is 1. The summed E-state index contributed by atoms with van der Waals surface area (Å²) in [5, 5.41) is 9.58. The maximum Gasteiger partial charge on any atom is 0.123 e. The highest BCUT2D eigenvalue weighted by molar-refractivity contribution is 8.00. The summed E-state index contributed by atoms with van der Waals surface area (Å²) >= 11 is 2.98. The largest absolute Gasteiger partial charge is 0.235 e. The van der Waals surface area contributed by atoms with Crippen LogP contribution in [0.15, 0.2) is 41.7 Å². The number of hydrogen-bond acceptors (Lipinski definition) is 5. The van der Waals surface area contributed by atoms with Gasteiger partial charge < -0.3 is 0 Å². The van der Waals surface area contributed by atoms with E-state index < -0.39 is 0 Å². The van der Waals surface area contributed by atoms with Gasteiger partial charge in [0, 0.05) is 4.88 Å². The van der Waals surface area contributed by atoms with E-state index >= 15 is 0 Å². The van der Waals surface area contributed by atoms with Crippen molar-refractivity contribution in [3.05, 3.63) is 42.5 Å². The van der Waals surface area contributed by atoms with Gasteiger partial charge in [-0.25, -0.2) is 14.4 Å². The Bertz CT molecular complexity index is 821. The molecule has 0 spiro atoms. The van der Waals surface area contributed by atoms with Gasteiger partial charge in [-0.3, -0.25) is 0 Å². The summed E-state index contributed by atoms with van der Waals surface area (Å²) in [5.41, 5.74) is 1.80. The number of nitrogens with zero attached hydrogens (tertiary/aromatic N) is 3. The molecule has 2 heterocycles. The van der Waals surface area contributed by atoms with E-state index in [1.54, 1.807) is 23.5 Å². The number of thioether (sulfide) groups is 1. The molecule has 0 saturated carbocycles. The lowest BCUT2D eigenvalue weighted by atomic mass is 10.2. The lowest BCUT2D eigenvalue weighted by Crippen LogP contribution is -1.92. The fourth-order valence-electron chi connectivity index (χ4n) is 1.87. The monoisotopic (exact) mass is 315 g/mol. The van der Waals surface area contributed by atoms with E-state index in [0.717, 1.165) is 25.7 Å². The predicted octanol–water partition coefficient (Wildman–Crippen LogP) is 4.50. The molecule has 0 fully saturated rings. The average molecular weight is 315 g/mol. The van der Waals surface area contributed by atoms with Crippen molar-refractivity contribution < 1.29 is 4.39 Å². The Morgan fingerprint density at radius 1 is 1.29 bits per heavy atom. The highest BCUT2D eigenvalue weighted by atomic mass is 32.2. The SMILES string of the molecule is CC(C#N)Sc1ncnc2cc(-c3ccc(F)cc3)sc12. The minimum absolute atomic E-state index is 0.167. The van der Waals surface area contributed by atoms with Crippen molar-refractivity contribution in [2.24, 2.45) is 0 Å². The first-order valence-electron chi connectivity index (χ1n) is 6.24. The molecule has 6 heteroatoms. The maximum atomic E-state index is 13.0. The molecule has 3 nitrogen and oxygen atoms in total. The second kappa shape index (κ2) is 5.80. The van der Waals surface area contributed by atoms with Crippen LogP contribution in [-0.2, 0) is 0 Å². The second-order valence-electron chi connectivity index (χ2n) is 4.40. The van der Waals surface area contributed by atoms with E-state index in [1.807, 2.05) is 13.0 Å². The Morgan fingerprint density at radius 3 is 2.76 bits per heavy atom. The van der Waals surface area contributed by atoms with Crippen LogP contribution in [0, 0.1) is 17.1 Å². The highest BCUT2D eigenvalue weighted by Crippen LogP contribution is 2.37. The normalized spacial score (nSPS) is 12.2. The topological polar surface area (TPSA) is 49.6 Å². The zero-order chi connectivity index (χ0) is 14.8. The van der Waals surface area contributed by atoms with E-state index in [4.69, 9.17) is 5.26 Å². The van der Waals surface area contributed by atoms with Crippen molar-refractivity contribution in [2.75, 3.05) is 0 Å². The minimum atomic E-state index is -0.251. The van der Waals surface area contributed by atoms with Crippen LogP contribution in [0.2, 0.25) is 0 Å². The molecule has 0 radical (unpaired) electrons. The van der Waals surface area contributed by atoms with Crippen LogP contribution in [0.5, 0.6) is 0 Å². The average Bonchev–Trinajstić information content (AvgIpc) is 2.93. The highest BCUT2D eigenvalue weighted by Gasteiger charge is 2.13. The lowest BCUT2D eigenvalue weighted by molar-refractivity contribution is 0.628. The zero-order valence-corrected chi connectivity index (χ0v) is 12.7. The van der Waals surface area contributed by atoms with Gasteiger partial charge in [0.1, 0.15) is 17.2 Å². The van der Waals surface area contributed by atoms with Crippen LogP contribution in [0.4, 0.5) is 4.39 Å². The first-order chi connectivity index (χ1) is 10.2. The Kier molecular flexibility index (Phi) is 3.86. The third-order valence-electron chi connectivity index (χ3n) is 2.88.